The first-order valence-electron chi connectivity index (χ1n) is 8.69. The van der Waals surface area contributed by atoms with E-state index in [0.717, 1.165) is 17.8 Å². The van der Waals surface area contributed by atoms with E-state index in [1.807, 2.05) is 79.4 Å². The van der Waals surface area contributed by atoms with Crippen molar-refractivity contribution in [3.05, 3.63) is 84.3 Å². The van der Waals surface area contributed by atoms with Crippen LogP contribution in [0, 0.1) is 0 Å². The van der Waals surface area contributed by atoms with Crippen LogP contribution >= 0.6 is 0 Å². The molecule has 1 atom stereocenters. The molecule has 1 N–H and O–H groups in total. The second kappa shape index (κ2) is 8.25. The van der Waals surface area contributed by atoms with E-state index in [1.54, 1.807) is 6.07 Å². The van der Waals surface area contributed by atoms with E-state index in [0.29, 0.717) is 11.5 Å². The van der Waals surface area contributed by atoms with Crippen molar-refractivity contribution in [3.63, 3.8) is 0 Å². The fourth-order valence-corrected chi connectivity index (χ4v) is 2.80. The van der Waals surface area contributed by atoms with Gasteiger partial charge in [0.2, 0.25) is 0 Å². The van der Waals surface area contributed by atoms with Crippen LogP contribution in [0.3, 0.4) is 0 Å². The van der Waals surface area contributed by atoms with E-state index >= 15 is 0 Å². The third kappa shape index (κ3) is 4.06. The summed E-state index contributed by atoms with van der Waals surface area (Å²) in [5.74, 6) is 0.486. The maximum Gasteiger partial charge on any atom is 0.270 e. The Kier molecular flexibility index (Phi) is 5.59. The SMILES string of the molecule is CCN(c1ccccc1)c1cc(C(=O)NC(C)c2ccccc2)ncn1. The van der Waals surface area contributed by atoms with Crippen LogP contribution in [0.1, 0.15) is 35.9 Å². The molecule has 0 fully saturated rings. The molecular formula is C21H22N4O. The Morgan fingerprint density at radius 1 is 1.04 bits per heavy atom. The number of hydrogen-bond acceptors (Lipinski definition) is 4. The molecule has 0 aliphatic heterocycles. The predicted octanol–water partition coefficient (Wildman–Crippen LogP) is 4.13. The first kappa shape index (κ1) is 17.6. The Balaban J connectivity index is 1.79. The molecule has 1 heterocycles. The van der Waals surface area contributed by atoms with Gasteiger partial charge in [0.05, 0.1) is 6.04 Å². The highest BCUT2D eigenvalue weighted by Gasteiger charge is 2.15. The van der Waals surface area contributed by atoms with E-state index in [-0.39, 0.29) is 11.9 Å². The Bertz CT molecular complexity index is 852. The molecule has 3 aromatic rings. The number of hydrogen-bond donors (Lipinski definition) is 1. The lowest BCUT2D eigenvalue weighted by molar-refractivity contribution is 0.0934. The molecule has 26 heavy (non-hydrogen) atoms. The van der Waals surface area contributed by atoms with Crippen molar-refractivity contribution < 1.29 is 4.79 Å². The number of carbonyl (C=O) groups is 1. The average Bonchev–Trinajstić information content (AvgIpc) is 2.70. The molecule has 0 aliphatic rings. The molecule has 1 amide bonds. The lowest BCUT2D eigenvalue weighted by Crippen LogP contribution is -2.28. The second-order valence-electron chi connectivity index (χ2n) is 5.95. The van der Waals surface area contributed by atoms with Crippen molar-refractivity contribution in [1.82, 2.24) is 15.3 Å². The number of nitrogens with zero attached hydrogens (tertiary/aromatic N) is 3. The van der Waals surface area contributed by atoms with Crippen LogP contribution in [0.15, 0.2) is 73.1 Å². The molecule has 0 spiro atoms. The quantitative estimate of drug-likeness (QED) is 0.729. The number of anilines is 2. The van der Waals surface area contributed by atoms with Crippen molar-refractivity contribution in [3.8, 4) is 0 Å². The number of rotatable bonds is 6. The molecule has 1 unspecified atom stereocenters. The maximum atomic E-state index is 12.6. The summed E-state index contributed by atoms with van der Waals surface area (Å²) >= 11 is 0. The van der Waals surface area contributed by atoms with Crippen molar-refractivity contribution >= 4 is 17.4 Å². The third-order valence-electron chi connectivity index (χ3n) is 4.19. The normalized spacial score (nSPS) is 11.6. The average molecular weight is 346 g/mol. The number of para-hydroxylation sites is 1. The molecule has 5 heteroatoms. The van der Waals surface area contributed by atoms with Crippen LogP contribution in [-0.2, 0) is 0 Å². The molecular weight excluding hydrogens is 324 g/mol. The number of amides is 1. The molecule has 0 aliphatic carbocycles. The predicted molar refractivity (Wildman–Crippen MR) is 103 cm³/mol. The van der Waals surface area contributed by atoms with Gasteiger partial charge in [-0.1, -0.05) is 48.5 Å². The minimum absolute atomic E-state index is 0.0986. The van der Waals surface area contributed by atoms with Crippen molar-refractivity contribution in [2.45, 2.75) is 19.9 Å². The molecule has 0 radical (unpaired) electrons. The summed E-state index contributed by atoms with van der Waals surface area (Å²) in [7, 11) is 0. The van der Waals surface area contributed by atoms with E-state index in [4.69, 9.17) is 0 Å². The van der Waals surface area contributed by atoms with Gasteiger partial charge in [-0.15, -0.1) is 0 Å². The van der Waals surface area contributed by atoms with Crippen LogP contribution in [0.25, 0.3) is 0 Å². The van der Waals surface area contributed by atoms with E-state index in [9.17, 15) is 4.79 Å². The standard InChI is InChI=1S/C21H22N4O/c1-3-25(18-12-8-5-9-13-18)20-14-19(22-15-23-20)21(26)24-16(2)17-10-6-4-7-11-17/h4-16H,3H2,1-2H3,(H,24,26). The van der Waals surface area contributed by atoms with Gasteiger partial charge < -0.3 is 10.2 Å². The Hall–Kier alpha value is -3.21. The molecule has 3 rings (SSSR count). The molecule has 5 nitrogen and oxygen atoms in total. The lowest BCUT2D eigenvalue weighted by Gasteiger charge is -2.22. The topological polar surface area (TPSA) is 58.1 Å². The first-order valence-corrected chi connectivity index (χ1v) is 8.69. The zero-order valence-corrected chi connectivity index (χ0v) is 15.0. The monoisotopic (exact) mass is 346 g/mol. The van der Waals surface area contributed by atoms with E-state index in [2.05, 4.69) is 15.3 Å². The van der Waals surface area contributed by atoms with Gasteiger partial charge in [-0.25, -0.2) is 9.97 Å². The number of carbonyl (C=O) groups excluding carboxylic acids is 1. The van der Waals surface area contributed by atoms with Crippen molar-refractivity contribution in [1.29, 1.82) is 0 Å². The van der Waals surface area contributed by atoms with Gasteiger partial charge in [0.15, 0.2) is 0 Å². The second-order valence-corrected chi connectivity index (χ2v) is 5.95. The lowest BCUT2D eigenvalue weighted by atomic mass is 10.1. The molecule has 2 aromatic carbocycles. The molecule has 0 saturated heterocycles. The van der Waals surface area contributed by atoms with Crippen LogP contribution in [-0.4, -0.2) is 22.4 Å². The first-order chi connectivity index (χ1) is 12.7. The van der Waals surface area contributed by atoms with Gasteiger partial charge in [0, 0.05) is 18.3 Å². The summed E-state index contributed by atoms with van der Waals surface area (Å²) in [6.45, 7) is 4.74. The minimum atomic E-state index is -0.214. The Morgan fingerprint density at radius 2 is 1.69 bits per heavy atom. The smallest absolute Gasteiger partial charge is 0.270 e. The van der Waals surface area contributed by atoms with Gasteiger partial charge in [-0.3, -0.25) is 4.79 Å². The fourth-order valence-electron chi connectivity index (χ4n) is 2.80. The molecule has 132 valence electrons. The summed E-state index contributed by atoms with van der Waals surface area (Å²) in [6.07, 6.45) is 1.43. The van der Waals surface area contributed by atoms with Gasteiger partial charge in [-0.2, -0.15) is 0 Å². The third-order valence-corrected chi connectivity index (χ3v) is 4.19. The molecule has 1 aromatic heterocycles. The summed E-state index contributed by atoms with van der Waals surface area (Å²) < 4.78 is 0. The number of aromatic nitrogens is 2. The Labute approximate surface area is 153 Å². The molecule has 0 bridgehead atoms. The van der Waals surface area contributed by atoms with Crippen LogP contribution < -0.4 is 10.2 Å². The summed E-state index contributed by atoms with van der Waals surface area (Å²) in [6, 6.07) is 21.4. The van der Waals surface area contributed by atoms with Crippen molar-refractivity contribution in [2.75, 3.05) is 11.4 Å². The highest BCUT2D eigenvalue weighted by molar-refractivity contribution is 5.93. The fraction of sp³-hybridized carbons (Fsp3) is 0.190. The largest absolute Gasteiger partial charge is 0.344 e. The van der Waals surface area contributed by atoms with Crippen LogP contribution in [0.4, 0.5) is 11.5 Å². The zero-order valence-electron chi connectivity index (χ0n) is 15.0. The van der Waals surface area contributed by atoms with Crippen LogP contribution in [0.5, 0.6) is 0 Å². The minimum Gasteiger partial charge on any atom is -0.344 e. The number of benzene rings is 2. The highest BCUT2D eigenvalue weighted by Crippen LogP contribution is 2.23. The summed E-state index contributed by atoms with van der Waals surface area (Å²) in [5, 5.41) is 2.99. The van der Waals surface area contributed by atoms with Gasteiger partial charge in [-0.05, 0) is 31.5 Å². The van der Waals surface area contributed by atoms with Gasteiger partial charge >= 0.3 is 0 Å². The Morgan fingerprint density at radius 3 is 2.35 bits per heavy atom. The van der Waals surface area contributed by atoms with Crippen molar-refractivity contribution in [2.24, 2.45) is 0 Å². The van der Waals surface area contributed by atoms with E-state index < -0.39 is 0 Å². The van der Waals surface area contributed by atoms with Gasteiger partial charge in [0.25, 0.3) is 5.91 Å². The van der Waals surface area contributed by atoms with Crippen LogP contribution in [0.2, 0.25) is 0 Å². The summed E-state index contributed by atoms with van der Waals surface area (Å²) in [5.41, 5.74) is 2.43. The zero-order chi connectivity index (χ0) is 18.4. The number of nitrogens with one attached hydrogen (secondary N) is 1. The highest BCUT2D eigenvalue weighted by atomic mass is 16.1. The summed E-state index contributed by atoms with van der Waals surface area (Å²) in [4.78, 5) is 23.1. The van der Waals surface area contributed by atoms with E-state index in [1.165, 1.54) is 6.33 Å². The van der Waals surface area contributed by atoms with Gasteiger partial charge in [0.1, 0.15) is 17.8 Å². The maximum absolute atomic E-state index is 12.6. The molecule has 0 saturated carbocycles.